The molecule has 0 aliphatic carbocycles. The molecule has 1 saturated heterocycles. The van der Waals surface area contributed by atoms with Gasteiger partial charge in [0, 0.05) is 50.0 Å². The van der Waals surface area contributed by atoms with Crippen molar-refractivity contribution >= 4 is 21.9 Å². The highest BCUT2D eigenvalue weighted by atomic mass is 16.5. The van der Waals surface area contributed by atoms with Gasteiger partial charge in [0.15, 0.2) is 5.65 Å². The Labute approximate surface area is 175 Å². The van der Waals surface area contributed by atoms with E-state index in [1.54, 1.807) is 0 Å². The molecule has 30 heavy (non-hydrogen) atoms. The lowest BCUT2D eigenvalue weighted by Gasteiger charge is -2.26. The number of hydrogen-bond donors (Lipinski definition) is 1. The summed E-state index contributed by atoms with van der Waals surface area (Å²) in [5, 5.41) is 5.48. The van der Waals surface area contributed by atoms with Crippen LogP contribution in [0.25, 0.3) is 33.2 Å². The predicted molar refractivity (Wildman–Crippen MR) is 118 cm³/mol. The van der Waals surface area contributed by atoms with E-state index < -0.39 is 0 Å². The Morgan fingerprint density at radius 1 is 1.17 bits per heavy atom. The number of ether oxygens (including phenoxy) is 2. The highest BCUT2D eigenvalue weighted by Gasteiger charge is 2.18. The van der Waals surface area contributed by atoms with Crippen LogP contribution in [0.1, 0.15) is 12.5 Å². The molecule has 4 heterocycles. The Morgan fingerprint density at radius 3 is 2.73 bits per heavy atom. The van der Waals surface area contributed by atoms with E-state index >= 15 is 0 Å². The summed E-state index contributed by atoms with van der Waals surface area (Å²) < 4.78 is 13.4. The lowest BCUT2D eigenvalue weighted by Crippen LogP contribution is -2.38. The molecular weight excluding hydrogens is 378 g/mol. The van der Waals surface area contributed by atoms with Crippen LogP contribution < -0.4 is 4.74 Å². The Bertz CT molecular complexity index is 1160. The van der Waals surface area contributed by atoms with Crippen molar-refractivity contribution in [2.75, 3.05) is 39.5 Å². The van der Waals surface area contributed by atoms with Crippen molar-refractivity contribution in [3.63, 3.8) is 0 Å². The average molecular weight is 406 g/mol. The van der Waals surface area contributed by atoms with E-state index in [0.717, 1.165) is 78.2 Å². The van der Waals surface area contributed by atoms with Crippen LogP contribution in [0.5, 0.6) is 5.75 Å². The number of benzene rings is 1. The number of aromatic nitrogens is 4. The lowest BCUT2D eigenvalue weighted by molar-refractivity contribution is 0.0322. The molecule has 1 aliphatic rings. The van der Waals surface area contributed by atoms with E-state index in [-0.39, 0.29) is 0 Å². The molecule has 7 heteroatoms. The molecule has 0 atom stereocenters. The summed E-state index contributed by atoms with van der Waals surface area (Å²) in [7, 11) is 2.02. The molecule has 0 unspecified atom stereocenters. The minimum atomic E-state index is 0.684. The van der Waals surface area contributed by atoms with Crippen LogP contribution in [0.4, 0.5) is 0 Å². The third kappa shape index (κ3) is 3.44. The van der Waals surface area contributed by atoms with Gasteiger partial charge in [-0.2, -0.15) is 0 Å². The SMILES string of the molecule is CCc1c(-c2ccc(OCCN3CCOCC3)cc2)nc2ncc3c[nH]n(C)c3c12. The number of aromatic amines is 1. The number of nitrogens with one attached hydrogen (secondary N) is 1. The summed E-state index contributed by atoms with van der Waals surface area (Å²) >= 11 is 0. The summed E-state index contributed by atoms with van der Waals surface area (Å²) in [6, 6.07) is 8.26. The lowest BCUT2D eigenvalue weighted by atomic mass is 10.0. The normalized spacial score (nSPS) is 15.3. The zero-order chi connectivity index (χ0) is 20.5. The van der Waals surface area contributed by atoms with E-state index in [9.17, 15) is 0 Å². The highest BCUT2D eigenvalue weighted by molar-refractivity contribution is 6.06. The van der Waals surface area contributed by atoms with E-state index in [0.29, 0.717) is 6.61 Å². The number of hydrogen-bond acceptors (Lipinski definition) is 5. The van der Waals surface area contributed by atoms with Gasteiger partial charge in [-0.15, -0.1) is 0 Å². The summed E-state index contributed by atoms with van der Waals surface area (Å²) in [6.45, 7) is 7.39. The molecule has 1 aromatic carbocycles. The fourth-order valence-corrected chi connectivity index (χ4v) is 4.27. The standard InChI is InChI=1S/C23H27N5O2/c1-3-19-20-22-17(15-25-27(22)2)14-24-23(20)26-21(19)16-4-6-18(7-5-16)30-13-10-28-8-11-29-12-9-28/h4-7,14-15,25H,3,8-13H2,1-2H3. The van der Waals surface area contributed by atoms with Crippen LogP contribution in [0.2, 0.25) is 0 Å². The molecule has 0 radical (unpaired) electrons. The van der Waals surface area contributed by atoms with Gasteiger partial charge >= 0.3 is 0 Å². The number of pyridine rings is 1. The van der Waals surface area contributed by atoms with Crippen LogP contribution in [0.3, 0.4) is 0 Å². The molecule has 5 rings (SSSR count). The van der Waals surface area contributed by atoms with Gasteiger partial charge in [0.05, 0.1) is 29.8 Å². The smallest absolute Gasteiger partial charge is 0.162 e. The van der Waals surface area contributed by atoms with Gasteiger partial charge in [0.1, 0.15) is 12.4 Å². The van der Waals surface area contributed by atoms with Gasteiger partial charge in [0.2, 0.25) is 0 Å². The Kier molecular flexibility index (Phi) is 5.14. The first-order chi connectivity index (χ1) is 14.7. The topological polar surface area (TPSA) is 68.2 Å². The fraction of sp³-hybridized carbons (Fsp3) is 0.391. The molecule has 1 fully saturated rings. The second-order valence-electron chi connectivity index (χ2n) is 7.71. The summed E-state index contributed by atoms with van der Waals surface area (Å²) in [5.74, 6) is 0.888. The third-order valence-electron chi connectivity index (χ3n) is 5.88. The average Bonchev–Trinajstić information content (AvgIpc) is 3.35. The van der Waals surface area contributed by atoms with Crippen LogP contribution in [0, 0.1) is 0 Å². The van der Waals surface area contributed by atoms with Gasteiger partial charge in [0.25, 0.3) is 0 Å². The Hall–Kier alpha value is -2.90. The van der Waals surface area contributed by atoms with Crippen molar-refractivity contribution in [3.05, 3.63) is 42.2 Å². The molecule has 7 nitrogen and oxygen atoms in total. The summed E-state index contributed by atoms with van der Waals surface area (Å²) in [6.07, 6.45) is 4.77. The number of fused-ring (bicyclic) bond motifs is 3. The van der Waals surface area contributed by atoms with Crippen molar-refractivity contribution in [1.82, 2.24) is 24.6 Å². The van der Waals surface area contributed by atoms with Crippen LogP contribution in [-0.4, -0.2) is 64.1 Å². The molecule has 0 bridgehead atoms. The molecule has 156 valence electrons. The molecule has 3 aromatic heterocycles. The van der Waals surface area contributed by atoms with Crippen molar-refractivity contribution in [2.45, 2.75) is 13.3 Å². The van der Waals surface area contributed by atoms with Gasteiger partial charge in [-0.05, 0) is 36.2 Å². The zero-order valence-corrected chi connectivity index (χ0v) is 17.5. The summed E-state index contributed by atoms with van der Waals surface area (Å²) in [5.41, 5.74) is 5.29. The number of nitrogens with zero attached hydrogens (tertiary/aromatic N) is 4. The largest absolute Gasteiger partial charge is 0.492 e. The Balaban J connectivity index is 1.38. The van der Waals surface area contributed by atoms with Crippen molar-refractivity contribution in [1.29, 1.82) is 0 Å². The van der Waals surface area contributed by atoms with Crippen LogP contribution in [-0.2, 0) is 18.2 Å². The predicted octanol–water partition coefficient (Wildman–Crippen LogP) is 3.39. The molecule has 1 N–H and O–H groups in total. The molecule has 0 amide bonds. The maximum atomic E-state index is 5.96. The minimum absolute atomic E-state index is 0.684. The number of aryl methyl sites for hydroxylation is 2. The second kappa shape index (κ2) is 8.08. The monoisotopic (exact) mass is 405 g/mol. The first-order valence-electron chi connectivity index (χ1n) is 10.6. The fourth-order valence-electron chi connectivity index (χ4n) is 4.27. The number of H-pyrrole nitrogens is 1. The number of morpholine rings is 1. The second-order valence-corrected chi connectivity index (χ2v) is 7.71. The van der Waals surface area contributed by atoms with Gasteiger partial charge in [-0.1, -0.05) is 6.92 Å². The first-order valence-corrected chi connectivity index (χ1v) is 10.6. The van der Waals surface area contributed by atoms with Crippen LogP contribution in [0.15, 0.2) is 36.7 Å². The van der Waals surface area contributed by atoms with E-state index in [1.807, 2.05) is 36.3 Å². The molecular formula is C23H27N5O2. The molecule has 0 spiro atoms. The maximum Gasteiger partial charge on any atom is 0.162 e. The zero-order valence-electron chi connectivity index (χ0n) is 17.5. The van der Waals surface area contributed by atoms with Gasteiger partial charge in [-0.25, -0.2) is 9.97 Å². The minimum Gasteiger partial charge on any atom is -0.492 e. The van der Waals surface area contributed by atoms with Crippen molar-refractivity contribution < 1.29 is 9.47 Å². The number of rotatable bonds is 6. The van der Waals surface area contributed by atoms with E-state index in [4.69, 9.17) is 14.5 Å². The molecule has 4 aromatic rings. The van der Waals surface area contributed by atoms with Gasteiger partial charge in [-0.3, -0.25) is 9.58 Å². The van der Waals surface area contributed by atoms with Crippen molar-refractivity contribution in [2.24, 2.45) is 7.05 Å². The quantitative estimate of drug-likeness (QED) is 0.533. The molecule has 1 aliphatic heterocycles. The third-order valence-corrected chi connectivity index (χ3v) is 5.88. The first kappa shape index (κ1) is 19.1. The van der Waals surface area contributed by atoms with E-state index in [2.05, 4.69) is 34.0 Å². The summed E-state index contributed by atoms with van der Waals surface area (Å²) in [4.78, 5) is 11.9. The molecule has 0 saturated carbocycles. The van der Waals surface area contributed by atoms with Crippen molar-refractivity contribution in [3.8, 4) is 17.0 Å². The van der Waals surface area contributed by atoms with E-state index in [1.165, 1.54) is 5.56 Å². The van der Waals surface area contributed by atoms with Gasteiger partial charge < -0.3 is 14.6 Å². The highest BCUT2D eigenvalue weighted by Crippen LogP contribution is 2.34. The Morgan fingerprint density at radius 2 is 1.97 bits per heavy atom. The maximum absolute atomic E-state index is 5.96. The van der Waals surface area contributed by atoms with Crippen LogP contribution >= 0.6 is 0 Å².